The number of aromatic hydroxyl groups is 1. The molecule has 1 heterocycles. The Morgan fingerprint density at radius 3 is 2.40 bits per heavy atom. The first-order chi connectivity index (χ1) is 16.9. The van der Waals surface area contributed by atoms with Gasteiger partial charge in [0.1, 0.15) is 11.4 Å². The molecular weight excluding hydrogens is 450 g/mol. The number of aromatic carboxylic acids is 1. The third-order valence-corrected chi connectivity index (χ3v) is 5.41. The van der Waals surface area contributed by atoms with E-state index in [4.69, 9.17) is 0 Å². The van der Waals surface area contributed by atoms with Gasteiger partial charge < -0.3 is 25.5 Å². The summed E-state index contributed by atoms with van der Waals surface area (Å²) in [6.45, 7) is 0. The van der Waals surface area contributed by atoms with Crippen molar-refractivity contribution in [2.24, 2.45) is 10.2 Å². The molecule has 35 heavy (non-hydrogen) atoms. The first-order valence-electron chi connectivity index (χ1n) is 10.4. The van der Waals surface area contributed by atoms with Gasteiger partial charge in [0.25, 0.3) is 5.91 Å². The van der Waals surface area contributed by atoms with E-state index in [2.05, 4.69) is 25.5 Å². The number of phenolic OH excluding ortho intramolecular Hbond substituents is 1. The van der Waals surface area contributed by atoms with E-state index in [9.17, 15) is 24.6 Å². The number of H-pyrrole nitrogens is 2. The molecule has 5 N–H and O–H groups in total. The number of benzene rings is 4. The summed E-state index contributed by atoms with van der Waals surface area (Å²) in [5.41, 5.74) is 1.18. The Labute approximate surface area is 196 Å². The number of anilines is 1. The monoisotopic (exact) mass is 467 g/mol. The van der Waals surface area contributed by atoms with Crippen LogP contribution in [-0.2, 0) is 0 Å². The van der Waals surface area contributed by atoms with E-state index in [1.807, 2.05) is 0 Å². The molecule has 10 nitrogen and oxygen atoms in total. The minimum Gasteiger partial charge on any atom is -0.505 e. The van der Waals surface area contributed by atoms with Gasteiger partial charge in [-0.05, 0) is 41.8 Å². The third-order valence-electron chi connectivity index (χ3n) is 5.41. The molecule has 0 saturated carbocycles. The SMILES string of the molecule is O=C(O)c1ccccc1N=Nc1c(O)c(C(=O)Nc2ccc3[nH]c(=O)[nH]c3c2)cc2ccccc12. The molecule has 4 aromatic carbocycles. The number of phenols is 1. The normalized spacial score (nSPS) is 11.3. The number of amides is 1. The second-order valence-electron chi connectivity index (χ2n) is 7.66. The number of imidazole rings is 1. The summed E-state index contributed by atoms with van der Waals surface area (Å²) in [6.07, 6.45) is 0. The van der Waals surface area contributed by atoms with E-state index in [0.717, 1.165) is 0 Å². The van der Waals surface area contributed by atoms with Crippen molar-refractivity contribution >= 4 is 50.7 Å². The zero-order valence-electron chi connectivity index (χ0n) is 17.9. The summed E-state index contributed by atoms with van der Waals surface area (Å²) in [6, 6.07) is 19.4. The van der Waals surface area contributed by atoms with Crippen molar-refractivity contribution in [2.45, 2.75) is 0 Å². The minimum atomic E-state index is -1.16. The van der Waals surface area contributed by atoms with Crippen molar-refractivity contribution in [3.05, 3.63) is 94.4 Å². The molecule has 1 aromatic heterocycles. The van der Waals surface area contributed by atoms with E-state index in [1.54, 1.807) is 54.6 Å². The molecule has 0 aliphatic rings. The molecule has 0 atom stereocenters. The van der Waals surface area contributed by atoms with Crippen molar-refractivity contribution < 1.29 is 19.8 Å². The summed E-state index contributed by atoms with van der Waals surface area (Å²) in [5, 5.41) is 32.4. The van der Waals surface area contributed by atoms with Crippen LogP contribution < -0.4 is 11.0 Å². The highest BCUT2D eigenvalue weighted by molar-refractivity contribution is 6.12. The van der Waals surface area contributed by atoms with Crippen molar-refractivity contribution in [2.75, 3.05) is 5.32 Å². The minimum absolute atomic E-state index is 0.0267. The maximum absolute atomic E-state index is 13.1. The quantitative estimate of drug-likeness (QED) is 0.228. The lowest BCUT2D eigenvalue weighted by atomic mass is 10.0. The summed E-state index contributed by atoms with van der Waals surface area (Å²) < 4.78 is 0. The Hall–Kier alpha value is -5.25. The van der Waals surface area contributed by atoms with E-state index in [0.29, 0.717) is 27.5 Å². The fourth-order valence-electron chi connectivity index (χ4n) is 3.75. The first-order valence-corrected chi connectivity index (χ1v) is 10.4. The summed E-state index contributed by atoms with van der Waals surface area (Å²) >= 11 is 0. The van der Waals surface area contributed by atoms with Crippen LogP contribution >= 0.6 is 0 Å². The summed E-state index contributed by atoms with van der Waals surface area (Å²) in [7, 11) is 0. The van der Waals surface area contributed by atoms with Crippen LogP contribution in [-0.4, -0.2) is 32.1 Å². The zero-order valence-corrected chi connectivity index (χ0v) is 17.9. The molecular formula is C25H17N5O5. The number of azo groups is 1. The van der Waals surface area contributed by atoms with Gasteiger partial charge in [0.05, 0.1) is 22.2 Å². The van der Waals surface area contributed by atoms with Gasteiger partial charge in [0, 0.05) is 11.1 Å². The molecule has 0 spiro atoms. The van der Waals surface area contributed by atoms with Gasteiger partial charge in [-0.1, -0.05) is 36.4 Å². The molecule has 0 aliphatic carbocycles. The van der Waals surface area contributed by atoms with E-state index in [1.165, 1.54) is 18.2 Å². The maximum atomic E-state index is 13.1. The smallest absolute Gasteiger partial charge is 0.337 e. The van der Waals surface area contributed by atoms with Crippen molar-refractivity contribution in [3.63, 3.8) is 0 Å². The third kappa shape index (κ3) is 4.11. The van der Waals surface area contributed by atoms with Crippen LogP contribution in [0.4, 0.5) is 17.1 Å². The molecule has 0 saturated heterocycles. The Morgan fingerprint density at radius 2 is 1.57 bits per heavy atom. The predicted octanol–water partition coefficient (Wildman–Crippen LogP) is 5.08. The fraction of sp³-hybridized carbons (Fsp3) is 0. The number of aromatic amines is 2. The molecule has 10 heteroatoms. The summed E-state index contributed by atoms with van der Waals surface area (Å²) in [4.78, 5) is 41.3. The highest BCUT2D eigenvalue weighted by Gasteiger charge is 2.19. The first kappa shape index (κ1) is 21.6. The average Bonchev–Trinajstić information content (AvgIpc) is 3.22. The van der Waals surface area contributed by atoms with Crippen molar-refractivity contribution in [1.82, 2.24) is 9.97 Å². The number of carboxylic acid groups (broad SMARTS) is 1. The van der Waals surface area contributed by atoms with Crippen LogP contribution in [0.15, 0.2) is 87.8 Å². The standard InChI is InChI=1S/C25H17N5O5/c31-22-17(23(32)26-14-9-10-19-20(12-14)28-25(35)27-19)11-13-5-1-2-6-15(13)21(22)30-29-18-8-4-3-7-16(18)24(33)34/h1-12,31H,(H,26,32)(H,33,34)(H2,27,28,35). The van der Waals surface area contributed by atoms with Crippen LogP contribution in [0.3, 0.4) is 0 Å². The van der Waals surface area contributed by atoms with Gasteiger partial charge in [0.2, 0.25) is 0 Å². The maximum Gasteiger partial charge on any atom is 0.337 e. The molecule has 0 bridgehead atoms. The van der Waals surface area contributed by atoms with Crippen LogP contribution in [0.25, 0.3) is 21.8 Å². The molecule has 1 amide bonds. The number of rotatable bonds is 5. The molecule has 0 fully saturated rings. The van der Waals surface area contributed by atoms with Gasteiger partial charge in [-0.2, -0.15) is 0 Å². The number of carbonyl (C=O) groups excluding carboxylic acids is 1. The second-order valence-corrected chi connectivity index (χ2v) is 7.66. The lowest BCUT2D eigenvalue weighted by molar-refractivity contribution is 0.0697. The predicted molar refractivity (Wildman–Crippen MR) is 130 cm³/mol. The van der Waals surface area contributed by atoms with Crippen molar-refractivity contribution in [3.8, 4) is 5.75 Å². The zero-order chi connectivity index (χ0) is 24.5. The summed E-state index contributed by atoms with van der Waals surface area (Å²) in [5.74, 6) is -2.18. The van der Waals surface area contributed by atoms with Crippen LogP contribution in [0.2, 0.25) is 0 Å². The number of hydrogen-bond donors (Lipinski definition) is 5. The van der Waals surface area contributed by atoms with Crippen LogP contribution in [0.5, 0.6) is 5.75 Å². The topological polar surface area (TPSA) is 160 Å². The van der Waals surface area contributed by atoms with Crippen LogP contribution in [0, 0.1) is 0 Å². The number of hydrogen-bond acceptors (Lipinski definition) is 6. The number of nitrogens with zero attached hydrogens (tertiary/aromatic N) is 2. The highest BCUT2D eigenvalue weighted by atomic mass is 16.4. The molecule has 5 rings (SSSR count). The Balaban J connectivity index is 1.56. The van der Waals surface area contributed by atoms with E-state index >= 15 is 0 Å². The molecule has 5 aromatic rings. The van der Waals surface area contributed by atoms with Gasteiger partial charge in [-0.3, -0.25) is 4.79 Å². The number of carbonyl (C=O) groups is 2. The van der Waals surface area contributed by atoms with Gasteiger partial charge in [-0.15, -0.1) is 10.2 Å². The van der Waals surface area contributed by atoms with Crippen LogP contribution in [0.1, 0.15) is 20.7 Å². The van der Waals surface area contributed by atoms with Gasteiger partial charge in [-0.25, -0.2) is 9.59 Å². The Kier molecular flexibility index (Phi) is 5.30. The largest absolute Gasteiger partial charge is 0.505 e. The lowest BCUT2D eigenvalue weighted by Crippen LogP contribution is -2.12. The second kappa shape index (κ2) is 8.60. The average molecular weight is 467 g/mol. The fourth-order valence-corrected chi connectivity index (χ4v) is 3.75. The molecule has 0 aliphatic heterocycles. The van der Waals surface area contributed by atoms with Gasteiger partial charge >= 0.3 is 11.7 Å². The van der Waals surface area contributed by atoms with Crippen molar-refractivity contribution in [1.29, 1.82) is 0 Å². The van der Waals surface area contributed by atoms with E-state index in [-0.39, 0.29) is 28.2 Å². The van der Waals surface area contributed by atoms with E-state index < -0.39 is 17.6 Å². The number of carboxylic acids is 1. The molecule has 172 valence electrons. The molecule has 0 unspecified atom stereocenters. The van der Waals surface area contributed by atoms with Gasteiger partial charge in [0.15, 0.2) is 5.75 Å². The lowest BCUT2D eigenvalue weighted by Gasteiger charge is -2.11. The molecule has 0 radical (unpaired) electrons. The number of fused-ring (bicyclic) bond motifs is 2. The highest BCUT2D eigenvalue weighted by Crippen LogP contribution is 2.40. The number of nitrogens with one attached hydrogen (secondary N) is 3. The Bertz CT molecular complexity index is 1720. The Morgan fingerprint density at radius 1 is 0.829 bits per heavy atom. The number of aromatic nitrogens is 2.